The van der Waals surface area contributed by atoms with Crippen molar-refractivity contribution in [2.75, 3.05) is 26.3 Å². The van der Waals surface area contributed by atoms with Gasteiger partial charge in [-0.1, -0.05) is 42.5 Å². The third-order valence-corrected chi connectivity index (χ3v) is 4.59. The van der Waals surface area contributed by atoms with Crippen LogP contribution in [0.1, 0.15) is 24.5 Å². The van der Waals surface area contributed by atoms with E-state index in [2.05, 4.69) is 36.1 Å². The van der Waals surface area contributed by atoms with E-state index in [1.54, 1.807) is 0 Å². The zero-order valence-corrected chi connectivity index (χ0v) is 14.5. The number of rotatable bonds is 7. The number of benzene rings is 2. The van der Waals surface area contributed by atoms with Crippen molar-refractivity contribution in [1.29, 1.82) is 0 Å². The van der Waals surface area contributed by atoms with E-state index in [0.717, 1.165) is 38.5 Å². The van der Waals surface area contributed by atoms with Gasteiger partial charge >= 0.3 is 0 Å². The second kappa shape index (κ2) is 8.86. The number of nitrogens with zero attached hydrogens (tertiary/aromatic N) is 1. The lowest BCUT2D eigenvalue weighted by atomic mass is 10.1. The molecule has 0 aliphatic carbocycles. The second-order valence-electron chi connectivity index (χ2n) is 6.48. The zero-order valence-electron chi connectivity index (χ0n) is 14.5. The van der Waals surface area contributed by atoms with E-state index in [4.69, 9.17) is 9.47 Å². The van der Waals surface area contributed by atoms with Gasteiger partial charge in [0.05, 0.1) is 13.2 Å². The summed E-state index contributed by atoms with van der Waals surface area (Å²) in [5.41, 5.74) is 2.61. The molecule has 0 N–H and O–H groups in total. The number of morpholine rings is 1. The van der Waals surface area contributed by atoms with Crippen molar-refractivity contribution < 1.29 is 9.47 Å². The van der Waals surface area contributed by atoms with Gasteiger partial charge in [-0.3, -0.25) is 4.90 Å². The van der Waals surface area contributed by atoms with E-state index in [1.807, 2.05) is 30.3 Å². The first-order valence-corrected chi connectivity index (χ1v) is 8.89. The van der Waals surface area contributed by atoms with Crippen LogP contribution in [0.15, 0.2) is 54.6 Å². The van der Waals surface area contributed by atoms with Gasteiger partial charge in [0.15, 0.2) is 0 Å². The van der Waals surface area contributed by atoms with Crippen molar-refractivity contribution in [3.05, 3.63) is 65.7 Å². The van der Waals surface area contributed by atoms with Gasteiger partial charge < -0.3 is 9.47 Å². The Morgan fingerprint density at radius 3 is 2.54 bits per heavy atom. The fourth-order valence-corrected chi connectivity index (χ4v) is 3.07. The van der Waals surface area contributed by atoms with Crippen LogP contribution in [-0.2, 0) is 17.8 Å². The fourth-order valence-electron chi connectivity index (χ4n) is 3.07. The van der Waals surface area contributed by atoms with Gasteiger partial charge in [-0.05, 0) is 49.6 Å². The Morgan fingerprint density at radius 2 is 1.79 bits per heavy atom. The van der Waals surface area contributed by atoms with Crippen LogP contribution < -0.4 is 4.74 Å². The molecule has 1 aliphatic heterocycles. The molecule has 1 aliphatic rings. The van der Waals surface area contributed by atoms with Crippen LogP contribution in [-0.4, -0.2) is 37.2 Å². The van der Waals surface area contributed by atoms with Gasteiger partial charge in [0.25, 0.3) is 0 Å². The number of hydrogen-bond acceptors (Lipinski definition) is 3. The SMILES string of the molecule is C[C@@H]1COCCN1CCCc1ccc(COc2ccccc2)cc1. The number of ether oxygens (including phenoxy) is 2. The molecule has 3 nitrogen and oxygen atoms in total. The van der Waals surface area contributed by atoms with E-state index >= 15 is 0 Å². The maximum atomic E-state index is 5.79. The molecule has 1 saturated heterocycles. The molecule has 2 aromatic rings. The highest BCUT2D eigenvalue weighted by molar-refractivity contribution is 5.24. The average molecular weight is 325 g/mol. The van der Waals surface area contributed by atoms with Crippen LogP contribution in [0.3, 0.4) is 0 Å². The van der Waals surface area contributed by atoms with E-state index < -0.39 is 0 Å². The van der Waals surface area contributed by atoms with Crippen LogP contribution in [0, 0.1) is 0 Å². The summed E-state index contributed by atoms with van der Waals surface area (Å²) in [5.74, 6) is 0.918. The standard InChI is InChI=1S/C21H27NO2/c1-18-16-23-15-14-22(18)13-5-6-19-9-11-20(12-10-19)17-24-21-7-3-2-4-8-21/h2-4,7-12,18H,5-6,13-17H2,1H3/t18-/m1/s1. The fraction of sp³-hybridized carbons (Fsp3) is 0.429. The molecular weight excluding hydrogens is 298 g/mol. The van der Waals surface area contributed by atoms with E-state index in [0.29, 0.717) is 12.6 Å². The number of aryl methyl sites for hydroxylation is 1. The Hall–Kier alpha value is -1.84. The van der Waals surface area contributed by atoms with Crippen LogP contribution in [0.25, 0.3) is 0 Å². The first-order chi connectivity index (χ1) is 11.8. The van der Waals surface area contributed by atoms with Crippen LogP contribution in [0.2, 0.25) is 0 Å². The molecule has 0 unspecified atom stereocenters. The molecule has 3 rings (SSSR count). The molecular formula is C21H27NO2. The maximum Gasteiger partial charge on any atom is 0.119 e. The number of hydrogen-bond donors (Lipinski definition) is 0. The number of para-hydroxylation sites is 1. The van der Waals surface area contributed by atoms with Gasteiger partial charge in [-0.15, -0.1) is 0 Å². The third-order valence-electron chi connectivity index (χ3n) is 4.59. The molecule has 1 heterocycles. The first kappa shape index (κ1) is 17.0. The summed E-state index contributed by atoms with van der Waals surface area (Å²) >= 11 is 0. The third kappa shape index (κ3) is 5.08. The first-order valence-electron chi connectivity index (χ1n) is 8.89. The molecule has 3 heteroatoms. The topological polar surface area (TPSA) is 21.7 Å². The van der Waals surface area contributed by atoms with Gasteiger partial charge in [-0.25, -0.2) is 0 Å². The summed E-state index contributed by atoms with van der Waals surface area (Å²) in [6, 6.07) is 19.3. The molecule has 0 spiro atoms. The Bertz CT molecular complexity index is 597. The predicted molar refractivity (Wildman–Crippen MR) is 97.4 cm³/mol. The van der Waals surface area contributed by atoms with Gasteiger partial charge in [0, 0.05) is 12.6 Å². The van der Waals surface area contributed by atoms with Crippen LogP contribution >= 0.6 is 0 Å². The second-order valence-corrected chi connectivity index (χ2v) is 6.48. The van der Waals surface area contributed by atoms with Crippen molar-refractivity contribution in [1.82, 2.24) is 4.90 Å². The van der Waals surface area contributed by atoms with Crippen molar-refractivity contribution in [2.45, 2.75) is 32.4 Å². The summed E-state index contributed by atoms with van der Waals surface area (Å²) in [6.45, 7) is 6.84. The normalized spacial score (nSPS) is 18.5. The highest BCUT2D eigenvalue weighted by atomic mass is 16.5. The molecule has 0 saturated carbocycles. The van der Waals surface area contributed by atoms with E-state index in [-0.39, 0.29) is 0 Å². The molecule has 128 valence electrons. The minimum Gasteiger partial charge on any atom is -0.489 e. The summed E-state index contributed by atoms with van der Waals surface area (Å²) < 4.78 is 11.3. The van der Waals surface area contributed by atoms with Crippen molar-refractivity contribution in [3.8, 4) is 5.75 Å². The highest BCUT2D eigenvalue weighted by Crippen LogP contribution is 2.14. The Labute approximate surface area is 145 Å². The molecule has 0 amide bonds. The molecule has 1 fully saturated rings. The van der Waals surface area contributed by atoms with Crippen LogP contribution in [0.4, 0.5) is 0 Å². The summed E-state index contributed by atoms with van der Waals surface area (Å²) in [5, 5.41) is 0. The highest BCUT2D eigenvalue weighted by Gasteiger charge is 2.17. The monoisotopic (exact) mass is 325 g/mol. The Morgan fingerprint density at radius 1 is 1.04 bits per heavy atom. The zero-order chi connectivity index (χ0) is 16.6. The van der Waals surface area contributed by atoms with Crippen molar-refractivity contribution >= 4 is 0 Å². The Kier molecular flexibility index (Phi) is 6.27. The summed E-state index contributed by atoms with van der Waals surface area (Å²) in [4.78, 5) is 2.53. The Balaban J connectivity index is 1.41. The largest absolute Gasteiger partial charge is 0.489 e. The van der Waals surface area contributed by atoms with Gasteiger partial charge in [-0.2, -0.15) is 0 Å². The van der Waals surface area contributed by atoms with Crippen LogP contribution in [0.5, 0.6) is 5.75 Å². The maximum absolute atomic E-state index is 5.79. The quantitative estimate of drug-likeness (QED) is 0.770. The lowest BCUT2D eigenvalue weighted by molar-refractivity contribution is -0.000601. The molecule has 0 bridgehead atoms. The average Bonchev–Trinajstić information content (AvgIpc) is 2.63. The summed E-state index contributed by atoms with van der Waals surface area (Å²) in [7, 11) is 0. The molecule has 1 atom stereocenters. The lowest BCUT2D eigenvalue weighted by Gasteiger charge is -2.33. The molecule has 0 aromatic heterocycles. The molecule has 0 radical (unpaired) electrons. The van der Waals surface area contributed by atoms with Crippen molar-refractivity contribution in [2.24, 2.45) is 0 Å². The van der Waals surface area contributed by atoms with E-state index in [9.17, 15) is 0 Å². The smallest absolute Gasteiger partial charge is 0.119 e. The molecule has 24 heavy (non-hydrogen) atoms. The lowest BCUT2D eigenvalue weighted by Crippen LogP contribution is -2.44. The van der Waals surface area contributed by atoms with E-state index in [1.165, 1.54) is 17.5 Å². The van der Waals surface area contributed by atoms with Crippen molar-refractivity contribution in [3.63, 3.8) is 0 Å². The minimum absolute atomic E-state index is 0.552. The molecule has 2 aromatic carbocycles. The summed E-state index contributed by atoms with van der Waals surface area (Å²) in [6.07, 6.45) is 2.33. The van der Waals surface area contributed by atoms with Gasteiger partial charge in [0.2, 0.25) is 0 Å². The van der Waals surface area contributed by atoms with Gasteiger partial charge in [0.1, 0.15) is 12.4 Å². The predicted octanol–water partition coefficient (Wildman–Crippen LogP) is 3.92. The minimum atomic E-state index is 0.552.